The number of esters is 1. The minimum Gasteiger partial charge on any atom is -0.449 e. The first-order valence-corrected chi connectivity index (χ1v) is 9.26. The number of fused-ring (bicyclic) bond motifs is 1. The number of carbonyl (C=O) groups excluding carboxylic acids is 3. The van der Waals surface area contributed by atoms with Crippen LogP contribution in [0.25, 0.3) is 0 Å². The van der Waals surface area contributed by atoms with Crippen molar-refractivity contribution in [2.24, 2.45) is 0 Å². The van der Waals surface area contributed by atoms with E-state index in [1.54, 1.807) is 6.07 Å². The van der Waals surface area contributed by atoms with Crippen molar-refractivity contribution < 1.29 is 28.4 Å². The monoisotopic (exact) mass is 430 g/mol. The Kier molecular flexibility index (Phi) is 6.14. The molecule has 0 spiro atoms. The zero-order valence-electron chi connectivity index (χ0n) is 16.7. The largest absolute Gasteiger partial charge is 0.449 e. The van der Waals surface area contributed by atoms with Gasteiger partial charge in [0.2, 0.25) is 11.7 Å². The third-order valence-electron chi connectivity index (χ3n) is 4.66. The van der Waals surface area contributed by atoms with Gasteiger partial charge in [0.1, 0.15) is 0 Å². The fourth-order valence-electron chi connectivity index (χ4n) is 2.95. The van der Waals surface area contributed by atoms with Crippen LogP contribution in [0.3, 0.4) is 0 Å². The number of hydrogen-bond acceptors (Lipinski definition) is 7. The standard InChI is InChI=1S/C20H19FN4O6/c1-11(19(27)22-13-4-5-14(21)17(10-13)25(29)30)31-20(28)12-3-6-16-15(9-12)23-18(26)7-8-24(16)2/h3-6,9-11H,7-8H2,1-2H3,(H,22,27)(H,23,26)/t11-/m1/s1. The first-order chi connectivity index (χ1) is 14.7. The summed E-state index contributed by atoms with van der Waals surface area (Å²) >= 11 is 0. The molecule has 0 radical (unpaired) electrons. The molecule has 11 heteroatoms. The number of nitro benzene ring substituents is 1. The summed E-state index contributed by atoms with van der Waals surface area (Å²) in [6.07, 6.45) is -0.934. The van der Waals surface area contributed by atoms with Gasteiger partial charge in [-0.15, -0.1) is 0 Å². The van der Waals surface area contributed by atoms with Crippen molar-refractivity contribution in [2.75, 3.05) is 29.1 Å². The number of nitro groups is 1. The van der Waals surface area contributed by atoms with E-state index in [4.69, 9.17) is 4.74 Å². The molecule has 0 unspecified atom stereocenters. The average molecular weight is 430 g/mol. The molecule has 3 rings (SSSR count). The molecule has 0 bridgehead atoms. The molecule has 10 nitrogen and oxygen atoms in total. The van der Waals surface area contributed by atoms with Gasteiger partial charge in [-0.05, 0) is 37.3 Å². The molecule has 2 aromatic carbocycles. The summed E-state index contributed by atoms with van der Waals surface area (Å²) in [7, 11) is 1.82. The van der Waals surface area contributed by atoms with E-state index in [1.165, 1.54) is 19.1 Å². The fourth-order valence-corrected chi connectivity index (χ4v) is 2.95. The van der Waals surface area contributed by atoms with Crippen molar-refractivity contribution in [1.82, 2.24) is 0 Å². The first-order valence-electron chi connectivity index (χ1n) is 9.26. The van der Waals surface area contributed by atoms with Crippen LogP contribution in [0.15, 0.2) is 36.4 Å². The van der Waals surface area contributed by atoms with Gasteiger partial charge < -0.3 is 20.3 Å². The lowest BCUT2D eigenvalue weighted by molar-refractivity contribution is -0.387. The van der Waals surface area contributed by atoms with Gasteiger partial charge in [-0.3, -0.25) is 19.7 Å². The van der Waals surface area contributed by atoms with Crippen LogP contribution in [0.5, 0.6) is 0 Å². The Bertz CT molecular complexity index is 1070. The molecule has 1 atom stereocenters. The second kappa shape index (κ2) is 8.78. The molecule has 2 aromatic rings. The highest BCUT2D eigenvalue weighted by Gasteiger charge is 2.23. The van der Waals surface area contributed by atoms with E-state index in [0.717, 1.165) is 23.9 Å². The SMILES string of the molecule is C[C@@H](OC(=O)c1ccc2c(c1)NC(=O)CCN2C)C(=O)Nc1ccc(F)c([N+](=O)[O-])c1. The Hall–Kier alpha value is -4.02. The summed E-state index contributed by atoms with van der Waals surface area (Å²) in [5.41, 5.74) is 0.518. The lowest BCUT2D eigenvalue weighted by atomic mass is 10.1. The van der Waals surface area contributed by atoms with Gasteiger partial charge in [0, 0.05) is 31.8 Å². The molecule has 0 aromatic heterocycles. The quantitative estimate of drug-likeness (QED) is 0.424. The Morgan fingerprint density at radius 3 is 2.74 bits per heavy atom. The lowest BCUT2D eigenvalue weighted by Crippen LogP contribution is -2.30. The van der Waals surface area contributed by atoms with Gasteiger partial charge in [0.25, 0.3) is 5.91 Å². The Labute approximate surface area is 176 Å². The smallest absolute Gasteiger partial charge is 0.338 e. The van der Waals surface area contributed by atoms with Crippen LogP contribution in [0, 0.1) is 15.9 Å². The topological polar surface area (TPSA) is 131 Å². The van der Waals surface area contributed by atoms with Gasteiger partial charge in [-0.25, -0.2) is 4.79 Å². The van der Waals surface area contributed by atoms with Crippen molar-refractivity contribution in [2.45, 2.75) is 19.4 Å². The maximum absolute atomic E-state index is 13.4. The van der Waals surface area contributed by atoms with Crippen LogP contribution in [0.1, 0.15) is 23.7 Å². The minimum atomic E-state index is -1.24. The van der Waals surface area contributed by atoms with Gasteiger partial charge in [-0.2, -0.15) is 4.39 Å². The molecule has 0 saturated carbocycles. The average Bonchev–Trinajstić information content (AvgIpc) is 2.86. The minimum absolute atomic E-state index is 0.0169. The number of hydrogen-bond donors (Lipinski definition) is 2. The molecular formula is C20H19FN4O6. The highest BCUT2D eigenvalue weighted by Crippen LogP contribution is 2.29. The van der Waals surface area contributed by atoms with Crippen LogP contribution in [0.4, 0.5) is 27.1 Å². The molecule has 1 aliphatic heterocycles. The molecular weight excluding hydrogens is 411 g/mol. The van der Waals surface area contributed by atoms with Crippen molar-refractivity contribution in [1.29, 1.82) is 0 Å². The number of rotatable bonds is 5. The van der Waals surface area contributed by atoms with E-state index in [9.17, 15) is 28.9 Å². The molecule has 0 fully saturated rings. The van der Waals surface area contributed by atoms with E-state index < -0.39 is 34.4 Å². The van der Waals surface area contributed by atoms with Crippen LogP contribution < -0.4 is 15.5 Å². The Balaban J connectivity index is 1.69. The van der Waals surface area contributed by atoms with Gasteiger partial charge in [0.15, 0.2) is 6.10 Å². The third kappa shape index (κ3) is 4.94. The Morgan fingerprint density at radius 1 is 1.29 bits per heavy atom. The van der Waals surface area contributed by atoms with Crippen molar-refractivity contribution >= 4 is 40.5 Å². The first kappa shape index (κ1) is 21.7. The highest BCUT2D eigenvalue weighted by molar-refractivity contribution is 6.01. The van der Waals surface area contributed by atoms with E-state index in [2.05, 4.69) is 10.6 Å². The molecule has 2 N–H and O–H groups in total. The van der Waals surface area contributed by atoms with E-state index in [0.29, 0.717) is 18.7 Å². The fraction of sp³-hybridized carbons (Fsp3) is 0.250. The zero-order valence-corrected chi connectivity index (χ0v) is 16.7. The van der Waals surface area contributed by atoms with Crippen LogP contribution >= 0.6 is 0 Å². The number of ether oxygens (including phenoxy) is 1. The maximum atomic E-state index is 13.4. The number of benzene rings is 2. The molecule has 1 heterocycles. The molecule has 0 saturated heterocycles. The highest BCUT2D eigenvalue weighted by atomic mass is 19.1. The number of nitrogens with zero attached hydrogens (tertiary/aromatic N) is 2. The molecule has 0 aliphatic carbocycles. The predicted molar refractivity (Wildman–Crippen MR) is 110 cm³/mol. The predicted octanol–water partition coefficient (Wildman–Crippen LogP) is 2.70. The summed E-state index contributed by atoms with van der Waals surface area (Å²) in [4.78, 5) is 48.4. The summed E-state index contributed by atoms with van der Waals surface area (Å²) in [6, 6.07) is 7.52. The van der Waals surface area contributed by atoms with E-state index in [1.807, 2.05) is 11.9 Å². The molecule has 1 aliphatic rings. The molecule has 2 amide bonds. The summed E-state index contributed by atoms with van der Waals surface area (Å²) in [6.45, 7) is 1.85. The van der Waals surface area contributed by atoms with Crippen LogP contribution in [0.2, 0.25) is 0 Å². The van der Waals surface area contributed by atoms with E-state index in [-0.39, 0.29) is 17.2 Å². The molecule has 31 heavy (non-hydrogen) atoms. The number of amides is 2. The zero-order chi connectivity index (χ0) is 22.7. The van der Waals surface area contributed by atoms with Crippen molar-refractivity contribution in [3.05, 3.63) is 57.9 Å². The third-order valence-corrected chi connectivity index (χ3v) is 4.66. The van der Waals surface area contributed by atoms with Crippen LogP contribution in [-0.2, 0) is 14.3 Å². The van der Waals surface area contributed by atoms with Crippen LogP contribution in [-0.4, -0.2) is 42.4 Å². The van der Waals surface area contributed by atoms with Crippen molar-refractivity contribution in [3.8, 4) is 0 Å². The normalized spacial score (nSPS) is 14.0. The Morgan fingerprint density at radius 2 is 2.03 bits per heavy atom. The van der Waals surface area contributed by atoms with Gasteiger partial charge in [-0.1, -0.05) is 0 Å². The second-order valence-electron chi connectivity index (χ2n) is 6.91. The second-order valence-corrected chi connectivity index (χ2v) is 6.91. The summed E-state index contributed by atoms with van der Waals surface area (Å²) in [5, 5.41) is 15.9. The number of carbonyl (C=O) groups is 3. The maximum Gasteiger partial charge on any atom is 0.338 e. The summed E-state index contributed by atoms with van der Waals surface area (Å²) < 4.78 is 18.6. The number of nitrogens with one attached hydrogen (secondary N) is 2. The van der Waals surface area contributed by atoms with Gasteiger partial charge >= 0.3 is 11.7 Å². The van der Waals surface area contributed by atoms with Gasteiger partial charge in [0.05, 0.1) is 21.9 Å². The van der Waals surface area contributed by atoms with Crippen molar-refractivity contribution in [3.63, 3.8) is 0 Å². The summed E-state index contributed by atoms with van der Waals surface area (Å²) in [5.74, 6) is -2.77. The molecule has 162 valence electrons. The van der Waals surface area contributed by atoms with E-state index >= 15 is 0 Å². The number of halogens is 1. The number of anilines is 3. The lowest BCUT2D eigenvalue weighted by Gasteiger charge is -2.19.